The molecule has 0 unspecified atom stereocenters. The van der Waals surface area contributed by atoms with Crippen molar-refractivity contribution in [1.82, 2.24) is 24.8 Å². The van der Waals surface area contributed by atoms with Crippen molar-refractivity contribution in [2.24, 2.45) is 5.92 Å². The Labute approximate surface area is 170 Å². The van der Waals surface area contributed by atoms with Gasteiger partial charge in [0.05, 0.1) is 13.3 Å². The first-order valence-electron chi connectivity index (χ1n) is 8.63. The summed E-state index contributed by atoms with van der Waals surface area (Å²) in [6.45, 7) is 2.86. The molecule has 4 rings (SSSR count). The van der Waals surface area contributed by atoms with E-state index < -0.39 is 0 Å². The fraction of sp³-hybridized carbons (Fsp3) is 0.389. The van der Waals surface area contributed by atoms with Gasteiger partial charge in [0.2, 0.25) is 0 Å². The molecule has 3 aromatic rings. The van der Waals surface area contributed by atoms with Crippen LogP contribution in [-0.4, -0.2) is 39.7 Å². The van der Waals surface area contributed by atoms with Crippen LogP contribution in [0.25, 0.3) is 11.2 Å². The highest BCUT2D eigenvalue weighted by molar-refractivity contribution is 14.1. The summed E-state index contributed by atoms with van der Waals surface area (Å²) in [5.41, 5.74) is 1.71. The third-order valence-corrected chi connectivity index (χ3v) is 6.72. The second kappa shape index (κ2) is 8.10. The fourth-order valence-electron chi connectivity index (χ4n) is 2.74. The van der Waals surface area contributed by atoms with E-state index in [1.807, 2.05) is 12.1 Å². The molecule has 0 spiro atoms. The number of methoxy groups -OCH3 is 1. The van der Waals surface area contributed by atoms with Crippen LogP contribution in [0.1, 0.15) is 12.8 Å². The molecule has 1 saturated carbocycles. The molecule has 1 fully saturated rings. The Kier molecular flexibility index (Phi) is 5.60. The Morgan fingerprint density at radius 1 is 1.38 bits per heavy atom. The lowest BCUT2D eigenvalue weighted by Crippen LogP contribution is -2.22. The Morgan fingerprint density at radius 3 is 3.08 bits per heavy atom. The Morgan fingerprint density at radius 2 is 2.27 bits per heavy atom. The van der Waals surface area contributed by atoms with Gasteiger partial charge in [-0.05, 0) is 66.1 Å². The number of halogens is 1. The van der Waals surface area contributed by atoms with E-state index in [4.69, 9.17) is 9.72 Å². The van der Waals surface area contributed by atoms with Crippen molar-refractivity contribution in [3.63, 3.8) is 0 Å². The zero-order valence-corrected chi connectivity index (χ0v) is 17.5. The molecule has 1 aliphatic rings. The molecule has 0 aliphatic heterocycles. The number of fused-ring (bicyclic) bond motifs is 1. The lowest BCUT2D eigenvalue weighted by molar-refractivity contribution is 0.413. The van der Waals surface area contributed by atoms with Gasteiger partial charge in [0, 0.05) is 21.6 Å². The summed E-state index contributed by atoms with van der Waals surface area (Å²) in [6.07, 6.45) is 6.09. The topological polar surface area (TPSA) is 64.9 Å². The quantitative estimate of drug-likeness (QED) is 0.392. The summed E-state index contributed by atoms with van der Waals surface area (Å²) < 4.78 is 8.72. The predicted octanol–water partition coefficient (Wildman–Crippen LogP) is 3.59. The van der Waals surface area contributed by atoms with Crippen LogP contribution in [0.4, 0.5) is 0 Å². The summed E-state index contributed by atoms with van der Waals surface area (Å²) in [6, 6.07) is 6.08. The van der Waals surface area contributed by atoms with E-state index in [0.717, 1.165) is 52.5 Å². The summed E-state index contributed by atoms with van der Waals surface area (Å²) in [7, 11) is 1.69. The van der Waals surface area contributed by atoms with Crippen molar-refractivity contribution in [3.05, 3.63) is 34.3 Å². The monoisotopic (exact) mass is 481 g/mol. The number of nitrogens with one attached hydrogen (secondary N) is 1. The number of benzene rings is 1. The highest BCUT2D eigenvalue weighted by atomic mass is 127. The van der Waals surface area contributed by atoms with Gasteiger partial charge in [-0.25, -0.2) is 15.0 Å². The van der Waals surface area contributed by atoms with Crippen LogP contribution in [0.5, 0.6) is 5.75 Å². The van der Waals surface area contributed by atoms with E-state index in [1.165, 1.54) is 16.4 Å². The van der Waals surface area contributed by atoms with Crippen LogP contribution in [0.2, 0.25) is 0 Å². The molecule has 6 nitrogen and oxygen atoms in total. The smallest absolute Gasteiger partial charge is 0.175 e. The molecule has 0 saturated heterocycles. The molecule has 1 aliphatic carbocycles. The number of nitrogens with zero attached hydrogens (tertiary/aromatic N) is 4. The van der Waals surface area contributed by atoms with Gasteiger partial charge in [-0.15, -0.1) is 0 Å². The van der Waals surface area contributed by atoms with Gasteiger partial charge in [-0.3, -0.25) is 0 Å². The minimum atomic E-state index is 0.829. The van der Waals surface area contributed by atoms with Crippen LogP contribution in [0, 0.1) is 9.49 Å². The fourth-order valence-corrected chi connectivity index (χ4v) is 4.38. The van der Waals surface area contributed by atoms with E-state index in [9.17, 15) is 0 Å². The highest BCUT2D eigenvalue weighted by Crippen LogP contribution is 2.34. The van der Waals surface area contributed by atoms with Crippen LogP contribution in [0.15, 0.2) is 40.8 Å². The maximum Gasteiger partial charge on any atom is 0.175 e. The Bertz CT molecular complexity index is 912. The molecule has 2 aromatic heterocycles. The average molecular weight is 481 g/mol. The van der Waals surface area contributed by atoms with Crippen LogP contribution >= 0.6 is 34.4 Å². The van der Waals surface area contributed by atoms with Crippen LogP contribution in [-0.2, 0) is 6.54 Å². The number of hydrogen-bond acceptors (Lipinski definition) is 6. The molecule has 1 aromatic carbocycles. The number of imidazole rings is 1. The van der Waals surface area contributed by atoms with Gasteiger partial charge in [0.25, 0.3) is 0 Å². The van der Waals surface area contributed by atoms with E-state index >= 15 is 0 Å². The minimum Gasteiger partial charge on any atom is -0.497 e. The molecule has 2 heterocycles. The number of hydrogen-bond donors (Lipinski definition) is 1. The molecule has 136 valence electrons. The summed E-state index contributed by atoms with van der Waals surface area (Å²) in [5, 5.41) is 4.48. The van der Waals surface area contributed by atoms with Crippen molar-refractivity contribution in [3.8, 4) is 5.75 Å². The molecule has 0 amide bonds. The summed E-state index contributed by atoms with van der Waals surface area (Å²) >= 11 is 3.99. The van der Waals surface area contributed by atoms with Gasteiger partial charge >= 0.3 is 0 Å². The van der Waals surface area contributed by atoms with Crippen molar-refractivity contribution >= 4 is 45.5 Å². The number of aromatic nitrogens is 4. The van der Waals surface area contributed by atoms with Crippen molar-refractivity contribution in [2.75, 3.05) is 20.2 Å². The standard InChI is InChI=1S/C18H20IN5OS/c1-25-13-4-5-14(19)16(8-13)26-18-23-15-10-21-11-22-17(15)24(18)7-6-20-9-12-2-3-12/h4-5,8,10-12,20H,2-3,6-7,9H2,1H3. The highest BCUT2D eigenvalue weighted by Gasteiger charge is 2.20. The second-order valence-electron chi connectivity index (χ2n) is 6.32. The average Bonchev–Trinajstić information content (AvgIpc) is 3.42. The normalized spacial score (nSPS) is 14.1. The largest absolute Gasteiger partial charge is 0.497 e. The van der Waals surface area contributed by atoms with E-state index in [-0.39, 0.29) is 0 Å². The Hall–Kier alpha value is -1.39. The minimum absolute atomic E-state index is 0.829. The maximum absolute atomic E-state index is 5.37. The molecule has 0 bridgehead atoms. The van der Waals surface area contributed by atoms with Gasteiger partial charge in [0.15, 0.2) is 10.8 Å². The first kappa shape index (κ1) is 18.0. The molecule has 1 N–H and O–H groups in total. The maximum atomic E-state index is 5.37. The van der Waals surface area contributed by atoms with Crippen LogP contribution < -0.4 is 10.1 Å². The molecule has 0 atom stereocenters. The van der Waals surface area contributed by atoms with Crippen LogP contribution in [0.3, 0.4) is 0 Å². The zero-order chi connectivity index (χ0) is 17.9. The van der Waals surface area contributed by atoms with E-state index in [2.05, 4.69) is 48.5 Å². The lowest BCUT2D eigenvalue weighted by atomic mass is 10.3. The van der Waals surface area contributed by atoms with Crippen molar-refractivity contribution < 1.29 is 4.74 Å². The first-order chi connectivity index (χ1) is 12.7. The Balaban J connectivity index is 1.59. The van der Waals surface area contributed by atoms with Crippen molar-refractivity contribution in [2.45, 2.75) is 29.4 Å². The van der Waals surface area contributed by atoms with Gasteiger partial charge in [-0.1, -0.05) is 11.8 Å². The lowest BCUT2D eigenvalue weighted by Gasteiger charge is -2.10. The summed E-state index contributed by atoms with van der Waals surface area (Å²) in [5.74, 6) is 1.73. The van der Waals surface area contributed by atoms with Gasteiger partial charge < -0.3 is 14.6 Å². The molecule has 8 heteroatoms. The third kappa shape index (κ3) is 4.12. The van der Waals surface area contributed by atoms with E-state index in [1.54, 1.807) is 31.4 Å². The molecule has 0 radical (unpaired) electrons. The zero-order valence-electron chi connectivity index (χ0n) is 14.5. The molecular weight excluding hydrogens is 461 g/mol. The second-order valence-corrected chi connectivity index (χ2v) is 8.49. The van der Waals surface area contributed by atoms with Crippen molar-refractivity contribution in [1.29, 1.82) is 0 Å². The SMILES string of the molecule is COc1ccc(I)c(Sc2nc3cncnc3n2CCNCC2CC2)c1. The number of ether oxygens (including phenoxy) is 1. The summed E-state index contributed by atoms with van der Waals surface area (Å²) in [4.78, 5) is 14.4. The third-order valence-electron chi connectivity index (χ3n) is 4.36. The molecule has 26 heavy (non-hydrogen) atoms. The van der Waals surface area contributed by atoms with E-state index in [0.29, 0.717) is 0 Å². The van der Waals surface area contributed by atoms with Gasteiger partial charge in [-0.2, -0.15) is 0 Å². The predicted molar refractivity (Wildman–Crippen MR) is 111 cm³/mol. The van der Waals surface area contributed by atoms with Gasteiger partial charge in [0.1, 0.15) is 17.6 Å². The number of rotatable bonds is 8. The molecular formula is C18H20IN5OS. The first-order valence-corrected chi connectivity index (χ1v) is 10.5.